The second kappa shape index (κ2) is 14.1. The molecule has 0 saturated heterocycles. The zero-order chi connectivity index (χ0) is 21.9. The Labute approximate surface area is 197 Å². The lowest BCUT2D eigenvalue weighted by Gasteiger charge is -2.20. The van der Waals surface area contributed by atoms with Gasteiger partial charge in [0.1, 0.15) is 5.60 Å². The number of hydrogen-bond donors (Lipinski definition) is 4. The van der Waals surface area contributed by atoms with Crippen molar-refractivity contribution in [3.05, 3.63) is 29.8 Å². The summed E-state index contributed by atoms with van der Waals surface area (Å²) in [6, 6.07) is 7.69. The van der Waals surface area contributed by atoms with Crippen molar-refractivity contribution in [3.8, 4) is 0 Å². The van der Waals surface area contributed by atoms with Crippen LogP contribution in [0.15, 0.2) is 29.3 Å². The summed E-state index contributed by atoms with van der Waals surface area (Å²) in [5, 5.41) is 11.9. The molecule has 1 aromatic carbocycles. The molecule has 0 aliphatic heterocycles. The average Bonchev–Trinajstić information content (AvgIpc) is 2.59. The molecule has 4 N–H and O–H groups in total. The van der Waals surface area contributed by atoms with Crippen LogP contribution in [0.5, 0.6) is 0 Å². The molecule has 8 nitrogen and oxygen atoms in total. The summed E-state index contributed by atoms with van der Waals surface area (Å²) in [6.45, 7) is 11.0. The van der Waals surface area contributed by atoms with Crippen LogP contribution in [0.25, 0.3) is 0 Å². The van der Waals surface area contributed by atoms with Crippen LogP contribution in [0.1, 0.15) is 46.6 Å². The third-order valence-electron chi connectivity index (χ3n) is 3.57. The quantitative estimate of drug-likeness (QED) is 0.177. The van der Waals surface area contributed by atoms with Crippen LogP contribution in [-0.4, -0.2) is 43.7 Å². The number of ether oxygens (including phenoxy) is 1. The number of aliphatic imine (C=N–C) groups is 1. The molecule has 0 atom stereocenters. The van der Waals surface area contributed by atoms with Gasteiger partial charge in [-0.25, -0.2) is 4.79 Å². The van der Waals surface area contributed by atoms with E-state index in [9.17, 15) is 9.59 Å². The first-order chi connectivity index (χ1) is 13.6. The Morgan fingerprint density at radius 3 is 2.37 bits per heavy atom. The van der Waals surface area contributed by atoms with Crippen LogP contribution in [0, 0.1) is 5.92 Å². The van der Waals surface area contributed by atoms with Gasteiger partial charge in [0.2, 0.25) is 5.91 Å². The molecule has 0 bridgehead atoms. The first-order valence-electron chi connectivity index (χ1n) is 9.89. The lowest BCUT2D eigenvalue weighted by molar-refractivity contribution is -0.116. The molecular weight excluding hydrogens is 497 g/mol. The number of hydrogen-bond acceptors (Lipinski definition) is 4. The van der Waals surface area contributed by atoms with Gasteiger partial charge in [-0.3, -0.25) is 9.79 Å². The number of anilines is 1. The molecule has 0 aliphatic carbocycles. The minimum absolute atomic E-state index is 0. The zero-order valence-corrected chi connectivity index (χ0v) is 21.1. The number of carbonyl (C=O) groups excluding carboxylic acids is 2. The van der Waals surface area contributed by atoms with E-state index in [1.54, 1.807) is 7.05 Å². The molecule has 9 heteroatoms. The van der Waals surface area contributed by atoms with E-state index in [0.29, 0.717) is 37.9 Å². The van der Waals surface area contributed by atoms with E-state index in [0.717, 1.165) is 11.3 Å². The number of amides is 2. The van der Waals surface area contributed by atoms with Crippen molar-refractivity contribution in [2.75, 3.05) is 25.5 Å². The fourth-order valence-electron chi connectivity index (χ4n) is 2.41. The Morgan fingerprint density at radius 2 is 1.77 bits per heavy atom. The molecule has 0 radical (unpaired) electrons. The second-order valence-electron chi connectivity index (χ2n) is 8.13. The van der Waals surface area contributed by atoms with Crippen molar-refractivity contribution in [2.45, 2.75) is 53.2 Å². The molecule has 170 valence electrons. The fraction of sp³-hybridized carbons (Fsp3) is 0.571. The van der Waals surface area contributed by atoms with Gasteiger partial charge in [-0.2, -0.15) is 0 Å². The lowest BCUT2D eigenvalue weighted by atomic mass is 10.1. The molecule has 2 amide bonds. The number of alkyl carbamates (subject to hydrolysis) is 1. The third kappa shape index (κ3) is 13.2. The van der Waals surface area contributed by atoms with E-state index >= 15 is 0 Å². The standard InChI is InChI=1S/C21H35N5O3.HI/c1-15(2)12-18(27)26-17-9-7-8-16(13-17)14-25-19(22-6)23-10-11-24-20(28)29-21(3,4)5;/h7-9,13,15H,10-12,14H2,1-6H3,(H,24,28)(H,26,27)(H2,22,23,25);1H. The van der Waals surface area contributed by atoms with Gasteiger partial charge in [0.25, 0.3) is 0 Å². The van der Waals surface area contributed by atoms with Gasteiger partial charge in [0.05, 0.1) is 0 Å². The van der Waals surface area contributed by atoms with Gasteiger partial charge in [-0.1, -0.05) is 26.0 Å². The van der Waals surface area contributed by atoms with Gasteiger partial charge in [0, 0.05) is 38.8 Å². The highest BCUT2D eigenvalue weighted by Crippen LogP contribution is 2.12. The molecule has 0 saturated carbocycles. The van der Waals surface area contributed by atoms with E-state index < -0.39 is 11.7 Å². The molecule has 0 spiro atoms. The molecule has 30 heavy (non-hydrogen) atoms. The molecule has 0 aromatic heterocycles. The maximum absolute atomic E-state index is 11.9. The van der Waals surface area contributed by atoms with E-state index in [-0.39, 0.29) is 29.9 Å². The average molecular weight is 533 g/mol. The first kappa shape index (κ1) is 28.0. The summed E-state index contributed by atoms with van der Waals surface area (Å²) < 4.78 is 5.18. The lowest BCUT2D eigenvalue weighted by Crippen LogP contribution is -2.42. The zero-order valence-electron chi connectivity index (χ0n) is 18.8. The van der Waals surface area contributed by atoms with E-state index in [4.69, 9.17) is 4.74 Å². The molecular formula is C21H36IN5O3. The normalized spacial score (nSPS) is 11.4. The van der Waals surface area contributed by atoms with Crippen LogP contribution in [0.3, 0.4) is 0 Å². The van der Waals surface area contributed by atoms with Crippen LogP contribution < -0.4 is 21.3 Å². The number of rotatable bonds is 8. The Balaban J connectivity index is 0.00000841. The molecule has 0 heterocycles. The summed E-state index contributed by atoms with van der Waals surface area (Å²) in [5.74, 6) is 0.948. The Bertz CT molecular complexity index is 702. The van der Waals surface area contributed by atoms with Gasteiger partial charge in [-0.05, 0) is 44.4 Å². The topological polar surface area (TPSA) is 104 Å². The number of benzene rings is 1. The SMILES string of the molecule is CN=C(NCCNC(=O)OC(C)(C)C)NCc1cccc(NC(=O)CC(C)C)c1.I. The van der Waals surface area contributed by atoms with Gasteiger partial charge in [-0.15, -0.1) is 24.0 Å². The summed E-state index contributed by atoms with van der Waals surface area (Å²) in [4.78, 5) is 27.7. The molecule has 1 rings (SSSR count). The second-order valence-corrected chi connectivity index (χ2v) is 8.13. The van der Waals surface area contributed by atoms with Gasteiger partial charge < -0.3 is 26.0 Å². The highest BCUT2D eigenvalue weighted by atomic mass is 127. The van der Waals surface area contributed by atoms with E-state index in [2.05, 4.69) is 26.3 Å². The summed E-state index contributed by atoms with van der Waals surface area (Å²) >= 11 is 0. The minimum atomic E-state index is -0.516. The highest BCUT2D eigenvalue weighted by molar-refractivity contribution is 14.0. The van der Waals surface area contributed by atoms with Crippen molar-refractivity contribution in [3.63, 3.8) is 0 Å². The predicted octanol–water partition coefficient (Wildman–Crippen LogP) is 3.48. The van der Waals surface area contributed by atoms with Gasteiger partial charge in [0.15, 0.2) is 5.96 Å². The molecule has 0 fully saturated rings. The van der Waals surface area contributed by atoms with Crippen LogP contribution >= 0.6 is 24.0 Å². The maximum atomic E-state index is 11.9. The van der Waals surface area contributed by atoms with Crippen molar-refractivity contribution in [2.24, 2.45) is 10.9 Å². The van der Waals surface area contributed by atoms with Crippen LogP contribution in [0.4, 0.5) is 10.5 Å². The smallest absolute Gasteiger partial charge is 0.407 e. The van der Waals surface area contributed by atoms with Gasteiger partial charge >= 0.3 is 6.09 Å². The number of nitrogens with one attached hydrogen (secondary N) is 4. The third-order valence-corrected chi connectivity index (χ3v) is 3.57. The van der Waals surface area contributed by atoms with E-state index in [1.165, 1.54) is 0 Å². The number of halogens is 1. The number of nitrogens with zero attached hydrogens (tertiary/aromatic N) is 1. The first-order valence-corrected chi connectivity index (χ1v) is 9.89. The number of carbonyl (C=O) groups is 2. The molecule has 0 unspecified atom stereocenters. The van der Waals surface area contributed by atoms with Crippen molar-refractivity contribution < 1.29 is 14.3 Å². The van der Waals surface area contributed by atoms with Crippen LogP contribution in [0.2, 0.25) is 0 Å². The summed E-state index contributed by atoms with van der Waals surface area (Å²) in [5.41, 5.74) is 1.28. The predicted molar refractivity (Wildman–Crippen MR) is 132 cm³/mol. The molecule has 1 aromatic rings. The highest BCUT2D eigenvalue weighted by Gasteiger charge is 2.15. The number of guanidine groups is 1. The largest absolute Gasteiger partial charge is 0.444 e. The Hall–Kier alpha value is -2.04. The Kier molecular flexibility index (Phi) is 13.1. The molecule has 0 aliphatic rings. The summed E-state index contributed by atoms with van der Waals surface area (Å²) in [7, 11) is 1.68. The van der Waals surface area contributed by atoms with Crippen LogP contribution in [-0.2, 0) is 16.1 Å². The monoisotopic (exact) mass is 533 g/mol. The van der Waals surface area contributed by atoms with Crippen molar-refractivity contribution >= 4 is 47.6 Å². The van der Waals surface area contributed by atoms with Crippen molar-refractivity contribution in [1.29, 1.82) is 0 Å². The minimum Gasteiger partial charge on any atom is -0.444 e. The van der Waals surface area contributed by atoms with Crippen molar-refractivity contribution in [1.82, 2.24) is 16.0 Å². The maximum Gasteiger partial charge on any atom is 0.407 e. The Morgan fingerprint density at radius 1 is 1.10 bits per heavy atom. The van der Waals surface area contributed by atoms with E-state index in [1.807, 2.05) is 58.9 Å². The summed E-state index contributed by atoms with van der Waals surface area (Å²) in [6.07, 6.45) is 0.0506. The fourth-order valence-corrected chi connectivity index (χ4v) is 2.41.